The molecule has 11 nitrogen and oxygen atoms in total. The first-order chi connectivity index (χ1) is 20.2. The van der Waals surface area contributed by atoms with Crippen LogP contribution in [-0.2, 0) is 84.9 Å². The number of ether oxygens (including phenoxy) is 3. The van der Waals surface area contributed by atoms with E-state index in [-0.39, 0.29) is 63.0 Å². The van der Waals surface area contributed by atoms with Gasteiger partial charge in [-0.05, 0) is 51.7 Å². The van der Waals surface area contributed by atoms with Crippen molar-refractivity contribution in [1.29, 1.82) is 0 Å². The zero-order valence-corrected chi connectivity index (χ0v) is 29.9. The molecule has 1 fully saturated rings. The van der Waals surface area contributed by atoms with Crippen LogP contribution in [0.3, 0.4) is 0 Å². The summed E-state index contributed by atoms with van der Waals surface area (Å²) in [5.74, 6) is 4.45. The van der Waals surface area contributed by atoms with Crippen molar-refractivity contribution in [3.63, 3.8) is 0 Å². The van der Waals surface area contributed by atoms with Crippen LogP contribution in [0.4, 0.5) is 0 Å². The summed E-state index contributed by atoms with van der Waals surface area (Å²) in [6.45, 7) is 51.3. The van der Waals surface area contributed by atoms with E-state index < -0.39 is 20.1 Å². The van der Waals surface area contributed by atoms with Gasteiger partial charge in [0.05, 0.1) is 12.2 Å². The Kier molecular flexibility index (Phi) is 52.7. The molecular weight excluding hydrogens is 694 g/mol. The van der Waals surface area contributed by atoms with E-state index in [1.54, 1.807) is 12.2 Å². The van der Waals surface area contributed by atoms with Gasteiger partial charge < -0.3 is 18.6 Å². The van der Waals surface area contributed by atoms with Crippen LogP contribution in [0.2, 0.25) is 18.1 Å². The Hall–Kier alpha value is -1.94. The number of esters is 1. The fourth-order valence-electron chi connectivity index (χ4n) is 3.16. The maximum atomic E-state index is 12.0. The zero-order chi connectivity index (χ0) is 35.9. The van der Waals surface area contributed by atoms with E-state index in [2.05, 4.69) is 98.8 Å². The van der Waals surface area contributed by atoms with E-state index >= 15 is 0 Å². The van der Waals surface area contributed by atoms with Gasteiger partial charge in [-0.3, -0.25) is 0 Å². The molecule has 14 heteroatoms. The van der Waals surface area contributed by atoms with Crippen molar-refractivity contribution in [2.45, 2.75) is 116 Å². The fourth-order valence-corrected chi connectivity index (χ4v) is 4.55. The molecule has 0 bridgehead atoms. The molecule has 1 aliphatic heterocycles. The minimum atomic E-state index is -2.00. The Labute approximate surface area is 290 Å². The molecule has 45 heavy (non-hydrogen) atoms. The van der Waals surface area contributed by atoms with Gasteiger partial charge in [0.25, 0.3) is 0 Å². The summed E-state index contributed by atoms with van der Waals surface area (Å²) >= 11 is 0. The van der Waals surface area contributed by atoms with Crippen LogP contribution < -0.4 is 0 Å². The zero-order valence-electron chi connectivity index (χ0n) is 26.9. The van der Waals surface area contributed by atoms with Crippen molar-refractivity contribution in [3.8, 4) is 11.8 Å². The smallest absolute Gasteiger partial charge is 0 e. The van der Waals surface area contributed by atoms with Crippen molar-refractivity contribution >= 4 is 14.3 Å². The third kappa shape index (κ3) is 31.8. The Morgan fingerprint density at radius 1 is 0.956 bits per heavy atom. The molecule has 0 aromatic heterocycles. The minimum absolute atomic E-state index is 0. The number of carbonyl (C=O) groups is 1. The summed E-state index contributed by atoms with van der Waals surface area (Å²) in [4.78, 5) is 12.0. The summed E-state index contributed by atoms with van der Waals surface area (Å²) in [6.07, 6.45) is 5.58. The van der Waals surface area contributed by atoms with Crippen molar-refractivity contribution < 1.29 is 84.9 Å². The molecule has 0 aromatic rings. The molecule has 0 aliphatic carbocycles. The molecule has 1 unspecified atom stereocenters. The number of hydrogen-bond donors (Lipinski definition) is 0. The largest absolute Gasteiger partial charge is 0 e. The standard InChI is InChI=1S/C25H42O5Si.6CO.2Co/c1-11-14-19(3)27-23(26)16-13-15-20(30-31(9,10)24(4,5)6)17-18-22-21(12-2)28-25(7,8)29-22;6*1-2;;/h11-12,19-22H,1-2,14-15,17-18H2,3-10H3;;;;;;;;/t19-,20?,21+,22-;;;;;;;;/m0......../s1. The van der Waals surface area contributed by atoms with Crippen LogP contribution in [0.5, 0.6) is 0 Å². The van der Waals surface area contributed by atoms with E-state index in [1.165, 1.54) is 0 Å². The van der Waals surface area contributed by atoms with Gasteiger partial charge in [0.15, 0.2) is 14.1 Å². The maximum absolute atomic E-state index is 12.0. The van der Waals surface area contributed by atoms with Crippen molar-refractivity contribution in [2.75, 3.05) is 0 Å². The molecule has 4 atom stereocenters. The van der Waals surface area contributed by atoms with Crippen LogP contribution in [0, 0.1) is 51.7 Å². The monoisotopic (exact) mass is 736 g/mol. The third-order valence-corrected chi connectivity index (χ3v) is 10.4. The Morgan fingerprint density at radius 3 is 1.78 bits per heavy atom. The van der Waals surface area contributed by atoms with E-state index in [0.717, 1.165) is 12.8 Å². The Morgan fingerprint density at radius 2 is 1.40 bits per heavy atom. The summed E-state index contributed by atoms with van der Waals surface area (Å²) in [5, 5.41) is 0.0797. The van der Waals surface area contributed by atoms with Gasteiger partial charge in [-0.2, -0.15) is 0 Å². The molecular formula is C31H42Co2O11Si. The quantitative estimate of drug-likeness (QED) is 0.0544. The maximum Gasteiger partial charge on any atom is 0 e. The Bertz CT molecular complexity index is 904. The average Bonchev–Trinajstić information content (AvgIpc) is 3.30. The second kappa shape index (κ2) is 38.2. The first kappa shape index (κ1) is 62.0. The molecule has 1 rings (SSSR count). The first-order valence-corrected chi connectivity index (χ1v) is 15.3. The van der Waals surface area contributed by atoms with E-state index in [1.807, 2.05) is 20.8 Å². The molecule has 0 saturated carbocycles. The van der Waals surface area contributed by atoms with Crippen LogP contribution >= 0.6 is 0 Å². The first-order valence-electron chi connectivity index (χ1n) is 12.4. The van der Waals surface area contributed by atoms with Gasteiger partial charge in [0, 0.05) is 52.3 Å². The van der Waals surface area contributed by atoms with Gasteiger partial charge in [-0.1, -0.05) is 38.8 Å². The van der Waals surface area contributed by atoms with Gasteiger partial charge >= 0.3 is 73.8 Å². The van der Waals surface area contributed by atoms with Crippen molar-refractivity contribution in [3.05, 3.63) is 65.2 Å². The van der Waals surface area contributed by atoms with Gasteiger partial charge in [-0.25, -0.2) is 4.79 Å². The van der Waals surface area contributed by atoms with Gasteiger partial charge in [-0.15, -0.1) is 13.2 Å². The van der Waals surface area contributed by atoms with Crippen molar-refractivity contribution in [1.82, 2.24) is 0 Å². The number of carbonyl (C=O) groups excluding carboxylic acids is 1. The second-order valence-electron chi connectivity index (χ2n) is 10.2. The minimum Gasteiger partial charge on any atom is 0 e. The third-order valence-electron chi connectivity index (χ3n) is 5.82. The van der Waals surface area contributed by atoms with E-state index in [4.69, 9.17) is 46.5 Å². The van der Waals surface area contributed by atoms with E-state index in [9.17, 15) is 4.79 Å². The molecule has 1 saturated heterocycles. The molecule has 1 heterocycles. The second-order valence-corrected chi connectivity index (χ2v) is 15.0. The molecule has 0 aromatic carbocycles. The van der Waals surface area contributed by atoms with E-state index in [0.29, 0.717) is 12.8 Å². The summed E-state index contributed by atoms with van der Waals surface area (Å²) in [6, 6.07) is 0. The number of hydrogen-bond acceptors (Lipinski definition) is 5. The van der Waals surface area contributed by atoms with Crippen LogP contribution in [0.25, 0.3) is 0 Å². The molecule has 0 amide bonds. The predicted molar refractivity (Wildman–Crippen MR) is 152 cm³/mol. The van der Waals surface area contributed by atoms with Crippen molar-refractivity contribution in [2.24, 2.45) is 0 Å². The summed E-state index contributed by atoms with van der Waals surface area (Å²) in [7, 11) is -2.00. The predicted octanol–water partition coefficient (Wildman–Crippen LogP) is 5.53. The topological polar surface area (TPSA) is 173 Å². The SMILES string of the molecule is C=CC[C@H](C)OC(=O)C#CCC(CC[C@@H]1OC(C)(C)O[C@@H]1C=C)O[Si](C)(C)C(C)(C)C.[C-]#[O+].[C-]#[O+].[C-]#[O+].[C-]#[O+].[C-]#[O+].[C-]#[O+].[Co].[Co]. The molecule has 0 N–H and O–H groups in total. The molecule has 2 radical (unpaired) electrons. The van der Waals surface area contributed by atoms with Crippen LogP contribution in [-0.4, -0.2) is 44.5 Å². The summed E-state index contributed by atoms with van der Waals surface area (Å²) < 4.78 is 68.8. The fraction of sp³-hybridized carbons (Fsp3) is 0.581. The number of rotatable bonds is 10. The molecule has 0 spiro atoms. The summed E-state index contributed by atoms with van der Waals surface area (Å²) in [5.41, 5.74) is 0. The van der Waals surface area contributed by atoms with Crippen LogP contribution in [0.1, 0.15) is 67.2 Å². The molecule has 254 valence electrons. The average molecular weight is 737 g/mol. The molecule has 1 aliphatic rings. The van der Waals surface area contributed by atoms with Gasteiger partial charge in [0.2, 0.25) is 0 Å². The normalized spacial score (nSPS) is 15.9. The van der Waals surface area contributed by atoms with Gasteiger partial charge in [0.1, 0.15) is 12.2 Å². The van der Waals surface area contributed by atoms with Crippen LogP contribution in [0.15, 0.2) is 25.3 Å². The Balaban J connectivity index is -0.000000145.